The molecule has 1 aromatic carbocycles. The van der Waals surface area contributed by atoms with E-state index in [1.54, 1.807) is 18.2 Å². The Bertz CT molecular complexity index is 2250. The van der Waals surface area contributed by atoms with E-state index in [1.165, 1.54) is 24.3 Å². The van der Waals surface area contributed by atoms with Crippen molar-refractivity contribution < 1.29 is 31.1 Å². The van der Waals surface area contributed by atoms with Crippen molar-refractivity contribution in [3.8, 4) is 23.0 Å². The fourth-order valence-electron chi connectivity index (χ4n) is 6.39. The highest BCUT2D eigenvalue weighted by Crippen LogP contribution is 2.54. The van der Waals surface area contributed by atoms with E-state index in [9.17, 15) is 22.4 Å². The third kappa shape index (κ3) is 6.91. The predicted octanol–water partition coefficient (Wildman–Crippen LogP) is 7.78. The highest BCUT2D eigenvalue weighted by Gasteiger charge is 2.55. The van der Waals surface area contributed by atoms with Gasteiger partial charge in [-0.2, -0.15) is 13.9 Å². The van der Waals surface area contributed by atoms with E-state index in [0.717, 1.165) is 12.1 Å². The Hall–Kier alpha value is -5.10. The van der Waals surface area contributed by atoms with Crippen molar-refractivity contribution >= 4 is 29.1 Å². The zero-order valence-electron chi connectivity index (χ0n) is 28.6. The zero-order chi connectivity index (χ0) is 37.9. The highest BCUT2D eigenvalue weighted by atomic mass is 35.5. The molecule has 1 amide bonds. The number of hydrogen-bond donors (Lipinski definition) is 2. The molecular formula is C36H33ClF6N8O. The number of nitrogen functional groups attached to an aromatic ring is 1. The van der Waals surface area contributed by atoms with E-state index in [1.807, 2.05) is 20.8 Å². The number of halogens is 7. The second-order valence-corrected chi connectivity index (χ2v) is 14.2. The summed E-state index contributed by atoms with van der Waals surface area (Å²) in [6, 6.07) is 8.08. The van der Waals surface area contributed by atoms with Crippen molar-refractivity contribution in [2.24, 2.45) is 11.3 Å². The molecule has 0 saturated heterocycles. The van der Waals surface area contributed by atoms with Gasteiger partial charge in [-0.3, -0.25) is 13.9 Å². The maximum atomic E-state index is 15.5. The van der Waals surface area contributed by atoms with Gasteiger partial charge in [0.1, 0.15) is 40.4 Å². The molecule has 0 bridgehead atoms. The van der Waals surface area contributed by atoms with Crippen molar-refractivity contribution in [1.29, 1.82) is 0 Å². The van der Waals surface area contributed by atoms with Crippen LogP contribution in [0.15, 0.2) is 42.5 Å². The molecule has 0 radical (unpaired) electrons. The second-order valence-electron chi connectivity index (χ2n) is 13.8. The van der Waals surface area contributed by atoms with Gasteiger partial charge in [0.2, 0.25) is 11.9 Å². The Kier molecular flexibility index (Phi) is 9.50. The van der Waals surface area contributed by atoms with Gasteiger partial charge in [-0.25, -0.2) is 22.5 Å². The first-order chi connectivity index (χ1) is 24.4. The number of aromatic nitrogens is 6. The summed E-state index contributed by atoms with van der Waals surface area (Å²) in [5, 5.41) is 14.8. The second kappa shape index (κ2) is 13.5. The third-order valence-electron chi connectivity index (χ3n) is 8.95. The largest absolute Gasteiger partial charge is 0.368 e. The number of amides is 1. The average molecular weight is 743 g/mol. The number of pyridine rings is 2. The van der Waals surface area contributed by atoms with E-state index in [0.29, 0.717) is 21.9 Å². The summed E-state index contributed by atoms with van der Waals surface area (Å²) in [6.07, 6.45) is -3.41. The van der Waals surface area contributed by atoms with Crippen LogP contribution < -0.4 is 11.1 Å². The van der Waals surface area contributed by atoms with E-state index >= 15 is 8.78 Å². The van der Waals surface area contributed by atoms with Crippen LogP contribution in [0.3, 0.4) is 0 Å². The summed E-state index contributed by atoms with van der Waals surface area (Å²) < 4.78 is 90.0. The molecule has 0 aliphatic heterocycles. The first kappa shape index (κ1) is 36.7. The number of carbonyl (C=O) groups is 1. The number of rotatable bonds is 8. The topological polar surface area (TPSA) is 116 Å². The van der Waals surface area contributed by atoms with Gasteiger partial charge in [0.15, 0.2) is 5.65 Å². The molecule has 16 heteroatoms. The SMILES string of the molecule is C[C@@H]1c2c(C(F)F)nn(CC(=O)N[C@@H](Cc3cc(F)cc(F)c3)c3nc(C#CC(C)(C)C)ccc3-c3ccc(Cl)n4c(N)nnc34)c2C(F)(F)[C@@H]1C. The molecule has 0 spiro atoms. The molecule has 4 aromatic heterocycles. The van der Waals surface area contributed by atoms with E-state index in [-0.39, 0.29) is 45.7 Å². The number of alkyl halides is 4. The lowest BCUT2D eigenvalue weighted by atomic mass is 9.94. The standard InChI is InChI=1S/C36H33ClF6N8O/c1-17-18(2)36(42,43)31-28(17)30(32(40)41)49-50(31)16-27(52)46-25(14-19-12-20(38)15-21(39)13-19)29-23(7-6-22(45-29)10-11-35(3,4)5)24-8-9-26(37)51-33(24)47-48-34(51)44/h6-9,12-13,15,17-18,25,32H,14,16H2,1-5H3,(H2,44,48)(H,46,52)/t17-,18+,25-/m0/s1. The molecule has 0 fully saturated rings. The number of nitrogens with zero attached hydrogens (tertiary/aromatic N) is 6. The maximum Gasteiger partial charge on any atom is 0.292 e. The van der Waals surface area contributed by atoms with Crippen LogP contribution in [0.5, 0.6) is 0 Å². The molecule has 6 rings (SSSR count). The van der Waals surface area contributed by atoms with E-state index < -0.39 is 71.1 Å². The van der Waals surface area contributed by atoms with Gasteiger partial charge in [-0.05, 0) is 81.0 Å². The molecule has 272 valence electrons. The third-order valence-corrected chi connectivity index (χ3v) is 9.24. The van der Waals surface area contributed by atoms with E-state index in [4.69, 9.17) is 22.3 Å². The van der Waals surface area contributed by atoms with Gasteiger partial charge in [0.25, 0.3) is 12.3 Å². The number of carbonyl (C=O) groups excluding carboxylic acids is 1. The number of anilines is 1. The van der Waals surface area contributed by atoms with Crippen molar-refractivity contribution in [2.45, 2.75) is 71.9 Å². The summed E-state index contributed by atoms with van der Waals surface area (Å²) >= 11 is 6.39. The molecule has 0 saturated carbocycles. The lowest BCUT2D eigenvalue weighted by Gasteiger charge is -2.23. The molecule has 0 unspecified atom stereocenters. The summed E-state index contributed by atoms with van der Waals surface area (Å²) in [5.41, 5.74) is 5.27. The fourth-order valence-corrected chi connectivity index (χ4v) is 6.62. The quantitative estimate of drug-likeness (QED) is 0.0954. The summed E-state index contributed by atoms with van der Waals surface area (Å²) in [7, 11) is 0. The number of benzene rings is 1. The van der Waals surface area contributed by atoms with Crippen molar-refractivity contribution in [3.05, 3.63) is 93.2 Å². The Labute approximate surface area is 299 Å². The van der Waals surface area contributed by atoms with Crippen molar-refractivity contribution in [1.82, 2.24) is 34.7 Å². The lowest BCUT2D eigenvalue weighted by molar-refractivity contribution is -0.123. The highest BCUT2D eigenvalue weighted by molar-refractivity contribution is 6.30. The number of nitrogens with one attached hydrogen (secondary N) is 1. The molecule has 1 aliphatic carbocycles. The molecule has 4 heterocycles. The minimum Gasteiger partial charge on any atom is -0.368 e. The van der Waals surface area contributed by atoms with Gasteiger partial charge < -0.3 is 11.1 Å². The Morgan fingerprint density at radius 2 is 1.71 bits per heavy atom. The molecule has 9 nitrogen and oxygen atoms in total. The fraction of sp³-hybridized carbons (Fsp3) is 0.361. The normalized spacial score (nSPS) is 17.2. The number of nitrogens with two attached hydrogens (primary N) is 1. The number of hydrogen-bond acceptors (Lipinski definition) is 6. The minimum atomic E-state index is -3.55. The molecule has 3 N–H and O–H groups in total. The van der Waals surface area contributed by atoms with Gasteiger partial charge >= 0.3 is 0 Å². The molecule has 52 heavy (non-hydrogen) atoms. The summed E-state index contributed by atoms with van der Waals surface area (Å²) in [6.45, 7) is 7.48. The Morgan fingerprint density at radius 1 is 1.04 bits per heavy atom. The van der Waals surface area contributed by atoms with Crippen molar-refractivity contribution in [3.63, 3.8) is 0 Å². The van der Waals surface area contributed by atoms with E-state index in [2.05, 4.69) is 32.5 Å². The van der Waals surface area contributed by atoms with Crippen molar-refractivity contribution in [2.75, 3.05) is 5.73 Å². The van der Waals surface area contributed by atoms with Crippen LogP contribution in [0.4, 0.5) is 32.3 Å². The van der Waals surface area contributed by atoms with Crippen LogP contribution in [0.1, 0.15) is 86.9 Å². The first-order valence-corrected chi connectivity index (χ1v) is 16.6. The number of fused-ring (bicyclic) bond motifs is 2. The lowest BCUT2D eigenvalue weighted by Crippen LogP contribution is -2.35. The van der Waals surface area contributed by atoms with Gasteiger partial charge in [-0.15, -0.1) is 10.2 Å². The van der Waals surface area contributed by atoms with Gasteiger partial charge in [0.05, 0.1) is 11.7 Å². The summed E-state index contributed by atoms with van der Waals surface area (Å²) in [4.78, 5) is 18.6. The molecular weight excluding hydrogens is 710 g/mol. The predicted molar refractivity (Wildman–Crippen MR) is 182 cm³/mol. The zero-order valence-corrected chi connectivity index (χ0v) is 29.3. The molecule has 1 aliphatic rings. The van der Waals surface area contributed by atoms with Crippen LogP contribution in [-0.4, -0.2) is 35.3 Å². The monoisotopic (exact) mass is 742 g/mol. The van der Waals surface area contributed by atoms with Crippen LogP contribution >= 0.6 is 11.6 Å². The van der Waals surface area contributed by atoms with Crippen LogP contribution in [0.2, 0.25) is 5.15 Å². The summed E-state index contributed by atoms with van der Waals surface area (Å²) in [5.74, 6) is -2.42. The smallest absolute Gasteiger partial charge is 0.292 e. The van der Waals surface area contributed by atoms with Crippen LogP contribution in [0, 0.1) is 34.8 Å². The van der Waals surface area contributed by atoms with Crippen LogP contribution in [-0.2, 0) is 23.7 Å². The van der Waals surface area contributed by atoms with Gasteiger partial charge in [-0.1, -0.05) is 31.4 Å². The first-order valence-electron chi connectivity index (χ1n) is 16.2. The Morgan fingerprint density at radius 3 is 2.37 bits per heavy atom. The minimum absolute atomic E-state index is 0.0144. The van der Waals surface area contributed by atoms with Crippen LogP contribution in [0.25, 0.3) is 16.8 Å². The maximum absolute atomic E-state index is 15.5. The molecule has 3 atom stereocenters. The van der Waals surface area contributed by atoms with Gasteiger partial charge in [0, 0.05) is 34.1 Å². The average Bonchev–Trinajstić information content (AvgIpc) is 3.68. The molecule has 5 aromatic rings. The Balaban J connectivity index is 1.50.